The third-order valence-electron chi connectivity index (χ3n) is 2.42. The molecule has 90 valence electrons. The fourth-order valence-corrected chi connectivity index (χ4v) is 2.44. The molecule has 1 aromatic heterocycles. The van der Waals surface area contributed by atoms with E-state index in [9.17, 15) is 0 Å². The van der Waals surface area contributed by atoms with Gasteiger partial charge in [-0.1, -0.05) is 24.3 Å². The maximum absolute atomic E-state index is 5.09. The van der Waals surface area contributed by atoms with E-state index in [1.165, 1.54) is 5.56 Å². The Hall–Kier alpha value is -1.23. The van der Waals surface area contributed by atoms with E-state index in [-0.39, 0.29) is 0 Å². The number of rotatable bonds is 5. The molecule has 0 aliphatic heterocycles. The van der Waals surface area contributed by atoms with Crippen LogP contribution in [0.3, 0.4) is 0 Å². The van der Waals surface area contributed by atoms with Crippen LogP contribution < -0.4 is 5.32 Å². The maximum atomic E-state index is 5.09. The molecule has 4 heteroatoms. The third kappa shape index (κ3) is 3.12. The van der Waals surface area contributed by atoms with E-state index in [0.29, 0.717) is 6.61 Å². The van der Waals surface area contributed by atoms with Crippen molar-refractivity contribution < 1.29 is 4.74 Å². The van der Waals surface area contributed by atoms with Crippen LogP contribution >= 0.6 is 11.3 Å². The van der Waals surface area contributed by atoms with Crippen molar-refractivity contribution in [2.45, 2.75) is 13.2 Å². The van der Waals surface area contributed by atoms with Gasteiger partial charge in [-0.2, -0.15) is 0 Å². The van der Waals surface area contributed by atoms with Gasteiger partial charge in [0.2, 0.25) is 0 Å². The highest BCUT2D eigenvalue weighted by atomic mass is 32.1. The lowest BCUT2D eigenvalue weighted by molar-refractivity contribution is 0.185. The third-order valence-corrected chi connectivity index (χ3v) is 3.36. The molecule has 2 aromatic rings. The summed E-state index contributed by atoms with van der Waals surface area (Å²) in [6.45, 7) is 1.47. The maximum Gasteiger partial charge on any atom is 0.123 e. The Morgan fingerprint density at radius 1 is 1.29 bits per heavy atom. The standard InChI is InChI=1S/C13H16N2OS/c1-14-7-12-9-17-13(15-12)11-5-3-10(4-6-11)8-16-2/h3-6,9,14H,7-8H2,1-2H3. The summed E-state index contributed by atoms with van der Waals surface area (Å²) in [5.41, 5.74) is 3.44. The predicted octanol–water partition coefficient (Wildman–Crippen LogP) is 2.68. The molecule has 1 heterocycles. The van der Waals surface area contributed by atoms with Gasteiger partial charge in [-0.05, 0) is 12.6 Å². The van der Waals surface area contributed by atoms with Crippen molar-refractivity contribution in [3.8, 4) is 10.6 Å². The SMILES string of the molecule is CNCc1csc(-c2ccc(COC)cc2)n1. The molecule has 0 bridgehead atoms. The first kappa shape index (κ1) is 12.2. The lowest BCUT2D eigenvalue weighted by Gasteiger charge is -2.00. The Morgan fingerprint density at radius 3 is 2.71 bits per heavy atom. The molecule has 1 aromatic carbocycles. The second-order valence-corrected chi connectivity index (χ2v) is 4.66. The second kappa shape index (κ2) is 5.91. The summed E-state index contributed by atoms with van der Waals surface area (Å²) < 4.78 is 5.09. The predicted molar refractivity (Wildman–Crippen MR) is 71.0 cm³/mol. The van der Waals surface area contributed by atoms with Crippen LogP contribution in [0.2, 0.25) is 0 Å². The summed E-state index contributed by atoms with van der Waals surface area (Å²) in [4.78, 5) is 4.57. The van der Waals surface area contributed by atoms with Gasteiger partial charge in [-0.25, -0.2) is 4.98 Å². The number of hydrogen-bond donors (Lipinski definition) is 1. The van der Waals surface area contributed by atoms with Crippen molar-refractivity contribution in [2.75, 3.05) is 14.2 Å². The van der Waals surface area contributed by atoms with E-state index < -0.39 is 0 Å². The normalized spacial score (nSPS) is 10.7. The number of nitrogens with one attached hydrogen (secondary N) is 1. The quantitative estimate of drug-likeness (QED) is 0.883. The van der Waals surface area contributed by atoms with Gasteiger partial charge in [-0.3, -0.25) is 0 Å². The number of thiazole rings is 1. The molecule has 17 heavy (non-hydrogen) atoms. The van der Waals surface area contributed by atoms with Gasteiger partial charge in [0.15, 0.2) is 0 Å². The van der Waals surface area contributed by atoms with Crippen LogP contribution in [0.15, 0.2) is 29.6 Å². The van der Waals surface area contributed by atoms with Crippen LogP contribution in [0.25, 0.3) is 10.6 Å². The van der Waals surface area contributed by atoms with Crippen molar-refractivity contribution in [3.05, 3.63) is 40.9 Å². The molecule has 3 nitrogen and oxygen atoms in total. The molecule has 0 amide bonds. The summed E-state index contributed by atoms with van der Waals surface area (Å²) in [6.07, 6.45) is 0. The Balaban J connectivity index is 2.15. The minimum atomic E-state index is 0.656. The average Bonchev–Trinajstić information content (AvgIpc) is 2.80. The Bertz CT molecular complexity index is 465. The molecule has 0 unspecified atom stereocenters. The van der Waals surface area contributed by atoms with Crippen molar-refractivity contribution in [2.24, 2.45) is 0 Å². The van der Waals surface area contributed by atoms with Gasteiger partial charge in [0.05, 0.1) is 12.3 Å². The van der Waals surface area contributed by atoms with E-state index in [1.54, 1.807) is 18.4 Å². The van der Waals surface area contributed by atoms with Crippen molar-refractivity contribution in [1.29, 1.82) is 0 Å². The highest BCUT2D eigenvalue weighted by Gasteiger charge is 2.04. The minimum Gasteiger partial charge on any atom is -0.380 e. The zero-order valence-electron chi connectivity index (χ0n) is 10.1. The number of methoxy groups -OCH3 is 1. The van der Waals surface area contributed by atoms with Crippen molar-refractivity contribution in [1.82, 2.24) is 10.3 Å². The van der Waals surface area contributed by atoms with Crippen LogP contribution in [0.5, 0.6) is 0 Å². The van der Waals surface area contributed by atoms with Crippen LogP contribution in [0.1, 0.15) is 11.3 Å². The van der Waals surface area contributed by atoms with Crippen LogP contribution in [-0.4, -0.2) is 19.1 Å². The fourth-order valence-electron chi connectivity index (χ4n) is 1.61. The Labute approximate surface area is 105 Å². The van der Waals surface area contributed by atoms with Gasteiger partial charge in [-0.15, -0.1) is 11.3 Å². The summed E-state index contributed by atoms with van der Waals surface area (Å²) in [5, 5.41) is 6.26. The smallest absolute Gasteiger partial charge is 0.123 e. The largest absolute Gasteiger partial charge is 0.380 e. The minimum absolute atomic E-state index is 0.656. The van der Waals surface area contributed by atoms with E-state index in [0.717, 1.165) is 22.8 Å². The van der Waals surface area contributed by atoms with E-state index >= 15 is 0 Å². The Kier molecular flexibility index (Phi) is 4.25. The number of hydrogen-bond acceptors (Lipinski definition) is 4. The van der Waals surface area contributed by atoms with Gasteiger partial charge in [0.1, 0.15) is 5.01 Å². The molecular formula is C13H16N2OS. The average molecular weight is 248 g/mol. The molecule has 0 radical (unpaired) electrons. The lowest BCUT2D eigenvalue weighted by Crippen LogP contribution is -2.04. The zero-order valence-corrected chi connectivity index (χ0v) is 10.9. The highest BCUT2D eigenvalue weighted by molar-refractivity contribution is 7.13. The van der Waals surface area contributed by atoms with Crippen LogP contribution in [0, 0.1) is 0 Å². The first-order valence-corrected chi connectivity index (χ1v) is 6.38. The molecule has 0 saturated heterocycles. The summed E-state index contributed by atoms with van der Waals surface area (Å²) in [5.74, 6) is 0. The Morgan fingerprint density at radius 2 is 2.06 bits per heavy atom. The summed E-state index contributed by atoms with van der Waals surface area (Å²) in [7, 11) is 3.64. The molecule has 0 aliphatic rings. The van der Waals surface area contributed by atoms with Crippen LogP contribution in [0.4, 0.5) is 0 Å². The molecule has 0 fully saturated rings. The number of aromatic nitrogens is 1. The summed E-state index contributed by atoms with van der Waals surface area (Å²) >= 11 is 1.68. The molecule has 0 saturated carbocycles. The summed E-state index contributed by atoms with van der Waals surface area (Å²) in [6, 6.07) is 8.35. The van der Waals surface area contributed by atoms with Crippen molar-refractivity contribution in [3.63, 3.8) is 0 Å². The monoisotopic (exact) mass is 248 g/mol. The van der Waals surface area contributed by atoms with Crippen LogP contribution in [-0.2, 0) is 17.9 Å². The molecular weight excluding hydrogens is 232 g/mol. The first-order chi connectivity index (χ1) is 8.33. The van der Waals surface area contributed by atoms with Gasteiger partial charge in [0.25, 0.3) is 0 Å². The topological polar surface area (TPSA) is 34.1 Å². The van der Waals surface area contributed by atoms with E-state index in [1.807, 2.05) is 7.05 Å². The highest BCUT2D eigenvalue weighted by Crippen LogP contribution is 2.24. The molecule has 0 atom stereocenters. The molecule has 0 aliphatic carbocycles. The van der Waals surface area contributed by atoms with Crippen molar-refractivity contribution >= 4 is 11.3 Å². The molecule has 2 rings (SSSR count). The van der Waals surface area contributed by atoms with E-state index in [2.05, 4.69) is 39.9 Å². The van der Waals surface area contributed by atoms with Gasteiger partial charge >= 0.3 is 0 Å². The molecule has 0 spiro atoms. The zero-order chi connectivity index (χ0) is 12.1. The number of benzene rings is 1. The van der Waals surface area contributed by atoms with E-state index in [4.69, 9.17) is 4.74 Å². The lowest BCUT2D eigenvalue weighted by atomic mass is 10.1. The number of ether oxygens (including phenoxy) is 1. The number of nitrogens with zero attached hydrogens (tertiary/aromatic N) is 1. The van der Waals surface area contributed by atoms with Gasteiger partial charge < -0.3 is 10.1 Å². The fraction of sp³-hybridized carbons (Fsp3) is 0.308. The second-order valence-electron chi connectivity index (χ2n) is 3.80. The van der Waals surface area contributed by atoms with Gasteiger partial charge in [0, 0.05) is 24.6 Å². The first-order valence-electron chi connectivity index (χ1n) is 5.50. The molecule has 1 N–H and O–H groups in total.